The topological polar surface area (TPSA) is 87.5 Å². The van der Waals surface area contributed by atoms with Crippen LogP contribution in [0.1, 0.15) is 18.4 Å². The Hall–Kier alpha value is -2.25. The normalized spacial score (nSPS) is 17.2. The molecule has 138 valence electrons. The summed E-state index contributed by atoms with van der Waals surface area (Å²) >= 11 is 12.1. The molecule has 0 radical (unpaired) electrons. The summed E-state index contributed by atoms with van der Waals surface area (Å²) in [5.74, 6) is -0.879. The van der Waals surface area contributed by atoms with Crippen molar-refractivity contribution in [1.82, 2.24) is 14.7 Å². The molecular formula is C17H18Cl2N4O3. The lowest BCUT2D eigenvalue weighted by Gasteiger charge is -2.30. The van der Waals surface area contributed by atoms with Gasteiger partial charge in [0.1, 0.15) is 5.82 Å². The van der Waals surface area contributed by atoms with Gasteiger partial charge in [0, 0.05) is 29.2 Å². The van der Waals surface area contributed by atoms with Gasteiger partial charge in [0.05, 0.1) is 18.7 Å². The van der Waals surface area contributed by atoms with Gasteiger partial charge in [0.25, 0.3) is 0 Å². The van der Waals surface area contributed by atoms with E-state index in [1.165, 1.54) is 4.90 Å². The second kappa shape index (κ2) is 7.97. The lowest BCUT2D eigenvalue weighted by Crippen LogP contribution is -2.44. The molecule has 1 aliphatic rings. The zero-order valence-electron chi connectivity index (χ0n) is 13.9. The molecule has 1 atom stereocenters. The number of carbonyl (C=O) groups excluding carboxylic acids is 1. The fourth-order valence-corrected chi connectivity index (χ4v) is 3.40. The standard InChI is InChI=1S/C17H18Cl2N4O3/c18-13-4-3-11(14(19)8-13)10-23-15(5-6-20-23)21-17(26)22-7-1-2-12(9-22)16(24)25/h3-6,8,12H,1-2,7,9-10H2,(H,21,26)(H,24,25). The molecule has 1 fully saturated rings. The van der Waals surface area contributed by atoms with Crippen molar-refractivity contribution in [2.24, 2.45) is 5.92 Å². The first-order valence-corrected chi connectivity index (χ1v) is 8.94. The predicted octanol–water partition coefficient (Wildman–Crippen LogP) is 3.57. The second-order valence-corrected chi connectivity index (χ2v) is 7.01. The summed E-state index contributed by atoms with van der Waals surface area (Å²) in [6.07, 6.45) is 2.84. The van der Waals surface area contributed by atoms with Gasteiger partial charge in [-0.15, -0.1) is 0 Å². The highest BCUT2D eigenvalue weighted by Gasteiger charge is 2.28. The summed E-state index contributed by atoms with van der Waals surface area (Å²) < 4.78 is 1.62. The summed E-state index contributed by atoms with van der Waals surface area (Å²) in [5.41, 5.74) is 0.819. The minimum absolute atomic E-state index is 0.207. The van der Waals surface area contributed by atoms with E-state index in [9.17, 15) is 9.59 Å². The monoisotopic (exact) mass is 396 g/mol. The fraction of sp³-hybridized carbons (Fsp3) is 0.353. The SMILES string of the molecule is O=C(O)C1CCCN(C(=O)Nc2ccnn2Cc2ccc(Cl)cc2Cl)C1. The number of halogens is 2. The first-order chi connectivity index (χ1) is 12.4. The van der Waals surface area contributed by atoms with E-state index in [1.54, 1.807) is 35.1 Å². The van der Waals surface area contributed by atoms with Gasteiger partial charge in [-0.2, -0.15) is 5.10 Å². The van der Waals surface area contributed by atoms with Crippen LogP contribution in [-0.4, -0.2) is 44.9 Å². The number of aromatic nitrogens is 2. The van der Waals surface area contributed by atoms with Crippen molar-refractivity contribution in [1.29, 1.82) is 0 Å². The maximum Gasteiger partial charge on any atom is 0.323 e. The number of carboxylic acids is 1. The number of nitrogens with one attached hydrogen (secondary N) is 1. The van der Waals surface area contributed by atoms with Crippen molar-refractivity contribution in [2.45, 2.75) is 19.4 Å². The molecule has 2 aromatic rings. The third kappa shape index (κ3) is 4.28. The molecule has 0 aliphatic carbocycles. The molecule has 0 bridgehead atoms. The second-order valence-electron chi connectivity index (χ2n) is 6.16. The summed E-state index contributed by atoms with van der Waals surface area (Å²) in [5, 5.41) is 17.2. The molecule has 0 saturated carbocycles. The van der Waals surface area contributed by atoms with Crippen molar-refractivity contribution in [3.63, 3.8) is 0 Å². The van der Waals surface area contributed by atoms with E-state index in [2.05, 4.69) is 10.4 Å². The number of hydrogen-bond acceptors (Lipinski definition) is 3. The van der Waals surface area contributed by atoms with Gasteiger partial charge in [-0.3, -0.25) is 10.1 Å². The Morgan fingerprint density at radius 1 is 1.31 bits per heavy atom. The van der Waals surface area contributed by atoms with Crippen LogP contribution in [0.2, 0.25) is 10.0 Å². The van der Waals surface area contributed by atoms with Crippen LogP contribution in [0.3, 0.4) is 0 Å². The Morgan fingerprint density at radius 2 is 2.12 bits per heavy atom. The number of rotatable bonds is 4. The number of anilines is 1. The molecule has 26 heavy (non-hydrogen) atoms. The van der Waals surface area contributed by atoms with E-state index in [0.29, 0.717) is 41.8 Å². The highest BCUT2D eigenvalue weighted by atomic mass is 35.5. The molecule has 3 rings (SSSR count). The Balaban J connectivity index is 1.68. The lowest BCUT2D eigenvalue weighted by molar-refractivity contribution is -0.143. The molecular weight excluding hydrogens is 379 g/mol. The van der Waals surface area contributed by atoms with Crippen molar-refractivity contribution in [3.05, 3.63) is 46.1 Å². The maximum atomic E-state index is 12.5. The number of hydrogen-bond donors (Lipinski definition) is 2. The third-order valence-electron chi connectivity index (χ3n) is 4.34. The van der Waals surface area contributed by atoms with Crippen LogP contribution in [0.5, 0.6) is 0 Å². The van der Waals surface area contributed by atoms with E-state index in [-0.39, 0.29) is 12.6 Å². The van der Waals surface area contributed by atoms with Gasteiger partial charge >= 0.3 is 12.0 Å². The first-order valence-electron chi connectivity index (χ1n) is 8.18. The highest BCUT2D eigenvalue weighted by Crippen LogP contribution is 2.23. The van der Waals surface area contributed by atoms with Crippen LogP contribution >= 0.6 is 23.2 Å². The molecule has 9 heteroatoms. The largest absolute Gasteiger partial charge is 0.481 e. The van der Waals surface area contributed by atoms with E-state index < -0.39 is 11.9 Å². The number of benzene rings is 1. The van der Waals surface area contributed by atoms with Crippen LogP contribution in [-0.2, 0) is 11.3 Å². The fourth-order valence-electron chi connectivity index (χ4n) is 2.93. The molecule has 1 saturated heterocycles. The van der Waals surface area contributed by atoms with E-state index in [4.69, 9.17) is 28.3 Å². The maximum absolute atomic E-state index is 12.5. The Morgan fingerprint density at radius 3 is 2.85 bits per heavy atom. The molecule has 7 nitrogen and oxygen atoms in total. The van der Waals surface area contributed by atoms with Gasteiger partial charge in [0.15, 0.2) is 0 Å². The first kappa shape index (κ1) is 18.5. The summed E-state index contributed by atoms with van der Waals surface area (Å²) in [6, 6.07) is 6.55. The minimum Gasteiger partial charge on any atom is -0.481 e. The third-order valence-corrected chi connectivity index (χ3v) is 4.93. The Bertz CT molecular complexity index is 824. The van der Waals surface area contributed by atoms with Crippen LogP contribution < -0.4 is 5.32 Å². The quantitative estimate of drug-likeness (QED) is 0.826. The van der Waals surface area contributed by atoms with Crippen LogP contribution in [0.4, 0.5) is 10.6 Å². The molecule has 1 aromatic carbocycles. The van der Waals surface area contributed by atoms with Crippen LogP contribution in [0.15, 0.2) is 30.5 Å². The van der Waals surface area contributed by atoms with Crippen LogP contribution in [0, 0.1) is 5.92 Å². The number of aliphatic carboxylic acids is 1. The number of piperidine rings is 1. The van der Waals surface area contributed by atoms with Gasteiger partial charge in [-0.25, -0.2) is 9.48 Å². The number of amides is 2. The molecule has 1 aromatic heterocycles. The number of carbonyl (C=O) groups is 2. The Labute approximate surface area is 160 Å². The Kier molecular flexibility index (Phi) is 5.68. The average molecular weight is 397 g/mol. The minimum atomic E-state index is -0.870. The number of urea groups is 1. The van der Waals surface area contributed by atoms with E-state index in [1.807, 2.05) is 0 Å². The zero-order chi connectivity index (χ0) is 18.7. The van der Waals surface area contributed by atoms with Gasteiger partial charge in [0.2, 0.25) is 0 Å². The highest BCUT2D eigenvalue weighted by molar-refractivity contribution is 6.35. The van der Waals surface area contributed by atoms with Gasteiger partial charge in [-0.1, -0.05) is 29.3 Å². The van der Waals surface area contributed by atoms with Gasteiger partial charge < -0.3 is 10.0 Å². The number of carboxylic acid groups (broad SMARTS) is 1. The predicted molar refractivity (Wildman–Crippen MR) is 98.7 cm³/mol. The lowest BCUT2D eigenvalue weighted by atomic mass is 9.99. The smallest absolute Gasteiger partial charge is 0.323 e. The molecule has 1 unspecified atom stereocenters. The van der Waals surface area contributed by atoms with E-state index in [0.717, 1.165) is 5.56 Å². The summed E-state index contributed by atoms with van der Waals surface area (Å²) in [7, 11) is 0. The van der Waals surface area contributed by atoms with Gasteiger partial charge in [-0.05, 0) is 30.5 Å². The van der Waals surface area contributed by atoms with Crippen LogP contribution in [0.25, 0.3) is 0 Å². The van der Waals surface area contributed by atoms with Crippen molar-refractivity contribution in [2.75, 3.05) is 18.4 Å². The molecule has 1 aliphatic heterocycles. The molecule has 2 N–H and O–H groups in total. The summed E-state index contributed by atoms with van der Waals surface area (Å²) in [4.78, 5) is 25.2. The van der Waals surface area contributed by atoms with Crippen molar-refractivity contribution in [3.8, 4) is 0 Å². The van der Waals surface area contributed by atoms with E-state index >= 15 is 0 Å². The number of nitrogens with zero attached hydrogens (tertiary/aromatic N) is 3. The molecule has 0 spiro atoms. The zero-order valence-corrected chi connectivity index (χ0v) is 15.4. The molecule has 2 heterocycles. The van der Waals surface area contributed by atoms with Crippen molar-refractivity contribution < 1.29 is 14.7 Å². The van der Waals surface area contributed by atoms with Crippen molar-refractivity contribution >= 4 is 41.0 Å². The number of likely N-dealkylation sites (tertiary alicyclic amines) is 1. The molecule has 2 amide bonds. The summed E-state index contributed by atoms with van der Waals surface area (Å²) in [6.45, 7) is 1.11. The average Bonchev–Trinajstić information content (AvgIpc) is 3.04.